The lowest BCUT2D eigenvalue weighted by Crippen LogP contribution is -2.59. The van der Waals surface area contributed by atoms with Gasteiger partial charge in [0, 0.05) is 16.4 Å². The van der Waals surface area contributed by atoms with Gasteiger partial charge in [-0.25, -0.2) is 30.7 Å². The van der Waals surface area contributed by atoms with Crippen molar-refractivity contribution in [1.82, 2.24) is 0 Å². The molecule has 0 atom stereocenters. The average molecular weight is 444 g/mol. The first-order valence-corrected chi connectivity index (χ1v) is 8.81. The van der Waals surface area contributed by atoms with E-state index >= 15 is 4.39 Å². The normalized spacial score (nSPS) is 11.1. The van der Waals surface area contributed by atoms with Gasteiger partial charge >= 0.3 is 0 Å². The van der Waals surface area contributed by atoms with Crippen LogP contribution in [0.3, 0.4) is 0 Å². The summed E-state index contributed by atoms with van der Waals surface area (Å²) < 4.78 is 122. The molecule has 0 aliphatic heterocycles. The molecular formula is C21H13BF8O. The molecule has 0 unspecified atom stereocenters. The Morgan fingerprint density at radius 1 is 0.548 bits per heavy atom. The fraction of sp³-hybridized carbons (Fsp3) is 0.143. The fourth-order valence-corrected chi connectivity index (χ4v) is 3.38. The van der Waals surface area contributed by atoms with Gasteiger partial charge in [0.15, 0.2) is 23.2 Å². The number of ether oxygens (including phenoxy) is 1. The summed E-state index contributed by atoms with van der Waals surface area (Å²) >= 11 is 0. The molecule has 3 rings (SSSR count). The van der Waals surface area contributed by atoms with Crippen LogP contribution in [0.15, 0.2) is 24.3 Å². The molecule has 0 amide bonds. The maximum Gasteiger partial charge on any atom is 0.264 e. The van der Waals surface area contributed by atoms with Crippen LogP contribution in [-0.2, 0) is 0 Å². The second-order valence-electron chi connectivity index (χ2n) is 6.82. The molecule has 0 fully saturated rings. The van der Waals surface area contributed by atoms with E-state index in [1.165, 1.54) is 13.8 Å². The Bertz CT molecular complexity index is 1140. The molecule has 0 N–H and O–H groups in total. The molecule has 0 heterocycles. The van der Waals surface area contributed by atoms with E-state index in [-0.39, 0.29) is 11.1 Å². The van der Waals surface area contributed by atoms with Crippen LogP contribution in [0.1, 0.15) is 11.1 Å². The summed E-state index contributed by atoms with van der Waals surface area (Å²) in [4.78, 5) is 0. The number of aryl methyl sites for hydroxylation is 2. The van der Waals surface area contributed by atoms with E-state index in [9.17, 15) is 30.7 Å². The Morgan fingerprint density at radius 2 is 1.00 bits per heavy atom. The molecule has 0 aromatic heterocycles. The van der Waals surface area contributed by atoms with Gasteiger partial charge in [-0.15, -0.1) is 0 Å². The van der Waals surface area contributed by atoms with Crippen LogP contribution in [0.2, 0.25) is 0 Å². The largest absolute Gasteiger partial charge is 0.491 e. The van der Waals surface area contributed by atoms with E-state index in [2.05, 4.69) is 4.74 Å². The van der Waals surface area contributed by atoms with Gasteiger partial charge in [-0.3, -0.25) is 0 Å². The van der Waals surface area contributed by atoms with Gasteiger partial charge in [0.2, 0.25) is 5.82 Å². The van der Waals surface area contributed by atoms with E-state index in [4.69, 9.17) is 0 Å². The molecule has 0 saturated heterocycles. The Hall–Kier alpha value is -3.04. The van der Waals surface area contributed by atoms with Crippen molar-refractivity contribution >= 4 is 23.1 Å². The predicted octanol–water partition coefficient (Wildman–Crippen LogP) is 3.94. The summed E-state index contributed by atoms with van der Waals surface area (Å²) in [5.74, 6) is -15.4. The van der Waals surface area contributed by atoms with E-state index in [0.29, 0.717) is 0 Å². The maximum atomic E-state index is 15.1. The minimum Gasteiger partial charge on any atom is -0.491 e. The third kappa shape index (κ3) is 3.53. The highest BCUT2D eigenvalue weighted by Crippen LogP contribution is 2.26. The van der Waals surface area contributed by atoms with Crippen molar-refractivity contribution in [2.45, 2.75) is 13.8 Å². The Labute approximate surface area is 172 Å². The minimum atomic E-state index is -2.48. The van der Waals surface area contributed by atoms with Crippen molar-refractivity contribution in [3.8, 4) is 5.75 Å². The van der Waals surface area contributed by atoms with Gasteiger partial charge in [-0.05, 0) is 37.1 Å². The standard InChI is InChI=1S/C21H13BF8O/c1-8-4-6-10(23)12(15(8)25)22(13-11(24)7-5-9(2)16(13)26)14-17(27)19(29)20(30)21(31-3)18(14)28/h4-7H,1-3H3. The number of rotatable bonds is 4. The van der Waals surface area contributed by atoms with Crippen molar-refractivity contribution in [3.63, 3.8) is 0 Å². The van der Waals surface area contributed by atoms with Crippen molar-refractivity contribution in [1.29, 1.82) is 0 Å². The summed E-state index contributed by atoms with van der Waals surface area (Å²) in [6, 6.07) is 3.43. The van der Waals surface area contributed by atoms with Crippen LogP contribution in [-0.4, -0.2) is 13.8 Å². The zero-order chi connectivity index (χ0) is 23.2. The summed E-state index contributed by atoms with van der Waals surface area (Å²) in [5, 5.41) is 0. The molecule has 3 aromatic rings. The number of hydrogen-bond donors (Lipinski definition) is 0. The topological polar surface area (TPSA) is 9.23 Å². The van der Waals surface area contributed by atoms with E-state index in [1.54, 1.807) is 0 Å². The van der Waals surface area contributed by atoms with Gasteiger partial charge in [-0.1, -0.05) is 12.1 Å². The third-order valence-electron chi connectivity index (χ3n) is 4.97. The summed E-state index contributed by atoms with van der Waals surface area (Å²) in [7, 11) is 0.735. The van der Waals surface area contributed by atoms with Crippen LogP contribution in [0.25, 0.3) is 0 Å². The highest BCUT2D eigenvalue weighted by atomic mass is 19.2. The van der Waals surface area contributed by atoms with E-state index in [1.807, 2.05) is 0 Å². The molecule has 31 heavy (non-hydrogen) atoms. The van der Waals surface area contributed by atoms with Gasteiger partial charge in [0.05, 0.1) is 7.11 Å². The summed E-state index contributed by atoms with van der Waals surface area (Å²) in [6.07, 6.45) is 0. The zero-order valence-corrected chi connectivity index (χ0v) is 16.3. The second-order valence-corrected chi connectivity index (χ2v) is 6.82. The van der Waals surface area contributed by atoms with E-state index < -0.39 is 75.4 Å². The van der Waals surface area contributed by atoms with Crippen LogP contribution in [0, 0.1) is 60.4 Å². The van der Waals surface area contributed by atoms with Gasteiger partial charge in [0.1, 0.15) is 23.3 Å². The van der Waals surface area contributed by atoms with Crippen LogP contribution in [0.5, 0.6) is 5.75 Å². The third-order valence-corrected chi connectivity index (χ3v) is 4.97. The Morgan fingerprint density at radius 3 is 1.42 bits per heavy atom. The molecule has 3 aromatic carbocycles. The molecule has 1 nitrogen and oxygen atoms in total. The first-order valence-electron chi connectivity index (χ1n) is 8.81. The smallest absolute Gasteiger partial charge is 0.264 e. The molecule has 0 spiro atoms. The highest BCUT2D eigenvalue weighted by molar-refractivity contribution is 6.95. The number of methoxy groups -OCH3 is 1. The van der Waals surface area contributed by atoms with Crippen molar-refractivity contribution in [2.24, 2.45) is 0 Å². The molecule has 10 heteroatoms. The summed E-state index contributed by atoms with van der Waals surface area (Å²) in [6.45, 7) is -0.128. The molecular weight excluding hydrogens is 431 g/mol. The number of hydrogen-bond acceptors (Lipinski definition) is 1. The zero-order valence-electron chi connectivity index (χ0n) is 16.3. The fourth-order valence-electron chi connectivity index (χ4n) is 3.38. The molecule has 162 valence electrons. The van der Waals surface area contributed by atoms with Crippen molar-refractivity contribution in [3.05, 3.63) is 81.9 Å². The lowest BCUT2D eigenvalue weighted by atomic mass is 9.35. The maximum absolute atomic E-state index is 15.1. The summed E-state index contributed by atoms with van der Waals surface area (Å²) in [5.41, 5.74) is -4.23. The van der Waals surface area contributed by atoms with Crippen LogP contribution >= 0.6 is 0 Å². The first kappa shape index (κ1) is 22.6. The van der Waals surface area contributed by atoms with Gasteiger partial charge in [-0.2, -0.15) is 4.39 Å². The van der Waals surface area contributed by atoms with Crippen molar-refractivity contribution < 1.29 is 39.9 Å². The average Bonchev–Trinajstić information content (AvgIpc) is 2.72. The Balaban J connectivity index is 2.58. The SMILES string of the molecule is COc1c(F)c(F)c(F)c(B(c2c(F)ccc(C)c2F)c2c(F)ccc(C)c2F)c1F. The lowest BCUT2D eigenvalue weighted by Gasteiger charge is -2.22. The molecule has 0 saturated carbocycles. The molecule has 0 aliphatic rings. The highest BCUT2D eigenvalue weighted by Gasteiger charge is 2.41. The molecule has 0 bridgehead atoms. The van der Waals surface area contributed by atoms with Crippen molar-refractivity contribution in [2.75, 3.05) is 7.11 Å². The molecule has 0 radical (unpaired) electrons. The quantitative estimate of drug-likeness (QED) is 0.257. The Kier molecular flexibility index (Phi) is 6.02. The molecule has 0 aliphatic carbocycles. The predicted molar refractivity (Wildman–Crippen MR) is 99.7 cm³/mol. The minimum absolute atomic E-state index is 0.217. The second kappa shape index (κ2) is 8.24. The lowest BCUT2D eigenvalue weighted by molar-refractivity contribution is 0.338. The van der Waals surface area contributed by atoms with E-state index in [0.717, 1.165) is 31.4 Å². The number of benzene rings is 3. The first-order chi connectivity index (χ1) is 14.5. The van der Waals surface area contributed by atoms with Gasteiger partial charge < -0.3 is 4.74 Å². The monoisotopic (exact) mass is 444 g/mol. The van der Waals surface area contributed by atoms with Gasteiger partial charge in [0.25, 0.3) is 6.71 Å². The van der Waals surface area contributed by atoms with Crippen LogP contribution in [0.4, 0.5) is 35.1 Å². The number of halogens is 8. The van der Waals surface area contributed by atoms with Crippen LogP contribution < -0.4 is 21.1 Å².